The highest BCUT2D eigenvalue weighted by atomic mass is 32.2. The van der Waals surface area contributed by atoms with Gasteiger partial charge in [-0.15, -0.1) is 0 Å². The van der Waals surface area contributed by atoms with Gasteiger partial charge in [0, 0.05) is 22.5 Å². The van der Waals surface area contributed by atoms with Gasteiger partial charge in [0.25, 0.3) is 0 Å². The maximum absolute atomic E-state index is 5.76. The fraction of sp³-hybridized carbons (Fsp3) is 0.571. The van der Waals surface area contributed by atoms with E-state index in [0.717, 1.165) is 6.42 Å². The zero-order chi connectivity index (χ0) is 12.8. The van der Waals surface area contributed by atoms with Crippen LogP contribution in [-0.2, 0) is 6.42 Å². The summed E-state index contributed by atoms with van der Waals surface area (Å²) in [6.45, 7) is 2.22. The Balaban J connectivity index is 2.06. The number of hydrazine groups is 1. The van der Waals surface area contributed by atoms with Crippen molar-refractivity contribution in [2.75, 3.05) is 17.3 Å². The SMILES string of the molecule is CCCc1ccc(C(NN)C2CSCCS2)cc1. The Morgan fingerprint density at radius 3 is 2.67 bits per heavy atom. The highest BCUT2D eigenvalue weighted by molar-refractivity contribution is 8.06. The van der Waals surface area contributed by atoms with Crippen LogP contribution in [0.2, 0.25) is 0 Å². The van der Waals surface area contributed by atoms with Crippen molar-refractivity contribution in [3.8, 4) is 0 Å². The molecule has 1 heterocycles. The summed E-state index contributed by atoms with van der Waals surface area (Å²) in [5, 5.41) is 0.589. The molecule has 0 aliphatic carbocycles. The van der Waals surface area contributed by atoms with E-state index in [0.29, 0.717) is 5.25 Å². The van der Waals surface area contributed by atoms with E-state index in [4.69, 9.17) is 5.84 Å². The van der Waals surface area contributed by atoms with Crippen molar-refractivity contribution in [2.45, 2.75) is 31.1 Å². The molecule has 0 amide bonds. The Labute approximate surface area is 118 Å². The molecular weight excluding hydrogens is 260 g/mol. The zero-order valence-electron chi connectivity index (χ0n) is 10.9. The summed E-state index contributed by atoms with van der Waals surface area (Å²) < 4.78 is 0. The molecule has 1 aliphatic heterocycles. The molecule has 3 N–H and O–H groups in total. The molecule has 1 fully saturated rings. The van der Waals surface area contributed by atoms with Crippen molar-refractivity contribution in [3.05, 3.63) is 35.4 Å². The highest BCUT2D eigenvalue weighted by Gasteiger charge is 2.24. The van der Waals surface area contributed by atoms with Gasteiger partial charge in [-0.25, -0.2) is 0 Å². The second-order valence-corrected chi connectivity index (χ2v) is 7.12. The third-order valence-electron chi connectivity index (χ3n) is 3.27. The minimum atomic E-state index is 0.276. The van der Waals surface area contributed by atoms with Crippen molar-refractivity contribution < 1.29 is 0 Å². The van der Waals surface area contributed by atoms with E-state index in [-0.39, 0.29) is 6.04 Å². The van der Waals surface area contributed by atoms with Gasteiger partial charge in [0.2, 0.25) is 0 Å². The van der Waals surface area contributed by atoms with Crippen LogP contribution in [0.15, 0.2) is 24.3 Å². The molecule has 0 bridgehead atoms. The van der Waals surface area contributed by atoms with Crippen LogP contribution < -0.4 is 11.3 Å². The largest absolute Gasteiger partial charge is 0.271 e. The summed E-state index contributed by atoms with van der Waals surface area (Å²) in [6.07, 6.45) is 2.36. The molecule has 0 spiro atoms. The fourth-order valence-electron chi connectivity index (χ4n) is 2.30. The summed E-state index contributed by atoms with van der Waals surface area (Å²) in [5.41, 5.74) is 5.74. The van der Waals surface area contributed by atoms with Gasteiger partial charge in [0.05, 0.1) is 6.04 Å². The number of nitrogens with two attached hydrogens (primary N) is 1. The maximum Gasteiger partial charge on any atom is 0.0586 e. The van der Waals surface area contributed by atoms with Gasteiger partial charge in [0.15, 0.2) is 0 Å². The lowest BCUT2D eigenvalue weighted by Gasteiger charge is -2.29. The molecule has 1 aromatic carbocycles. The standard InChI is InChI=1S/C14H22N2S2/c1-2-3-11-4-6-12(7-5-11)14(16-15)13-10-17-8-9-18-13/h4-7,13-14,16H,2-3,8-10,15H2,1H3. The first-order valence-electron chi connectivity index (χ1n) is 6.59. The van der Waals surface area contributed by atoms with Crippen LogP contribution in [0.3, 0.4) is 0 Å². The molecule has 4 heteroatoms. The second kappa shape index (κ2) is 7.43. The molecule has 2 unspecified atom stereocenters. The average molecular weight is 282 g/mol. The van der Waals surface area contributed by atoms with Crippen LogP contribution in [0, 0.1) is 0 Å². The Morgan fingerprint density at radius 1 is 1.33 bits per heavy atom. The normalized spacial score (nSPS) is 21.8. The van der Waals surface area contributed by atoms with Crippen molar-refractivity contribution in [1.29, 1.82) is 0 Å². The lowest BCUT2D eigenvalue weighted by atomic mass is 10.0. The summed E-state index contributed by atoms with van der Waals surface area (Å²) in [4.78, 5) is 0. The van der Waals surface area contributed by atoms with E-state index in [1.165, 1.54) is 34.8 Å². The number of hydrogen-bond donors (Lipinski definition) is 2. The van der Waals surface area contributed by atoms with E-state index in [9.17, 15) is 0 Å². The second-order valence-electron chi connectivity index (χ2n) is 4.62. The number of benzene rings is 1. The van der Waals surface area contributed by atoms with Gasteiger partial charge in [0.1, 0.15) is 0 Å². The van der Waals surface area contributed by atoms with Crippen LogP contribution in [0.4, 0.5) is 0 Å². The maximum atomic E-state index is 5.76. The number of aryl methyl sites for hydroxylation is 1. The van der Waals surface area contributed by atoms with E-state index >= 15 is 0 Å². The van der Waals surface area contributed by atoms with Gasteiger partial charge < -0.3 is 0 Å². The smallest absolute Gasteiger partial charge is 0.0586 e. The van der Waals surface area contributed by atoms with Gasteiger partial charge in [-0.3, -0.25) is 11.3 Å². The van der Waals surface area contributed by atoms with E-state index in [1.54, 1.807) is 0 Å². The Morgan fingerprint density at radius 2 is 2.11 bits per heavy atom. The molecule has 1 aromatic rings. The first-order valence-corrected chi connectivity index (χ1v) is 8.79. The van der Waals surface area contributed by atoms with Crippen LogP contribution in [-0.4, -0.2) is 22.5 Å². The lowest BCUT2D eigenvalue weighted by molar-refractivity contribution is 0.552. The molecule has 100 valence electrons. The fourth-order valence-corrected chi connectivity index (χ4v) is 5.15. The molecule has 0 radical (unpaired) electrons. The minimum absolute atomic E-state index is 0.276. The number of rotatable bonds is 5. The Hall–Kier alpha value is -0.160. The summed E-state index contributed by atoms with van der Waals surface area (Å²) in [6, 6.07) is 9.22. The van der Waals surface area contributed by atoms with Gasteiger partial charge in [-0.1, -0.05) is 37.6 Å². The lowest BCUT2D eigenvalue weighted by Crippen LogP contribution is -2.37. The molecule has 1 aliphatic rings. The van der Waals surface area contributed by atoms with Crippen molar-refractivity contribution in [2.24, 2.45) is 5.84 Å². The summed E-state index contributed by atoms with van der Waals surface area (Å²) in [7, 11) is 0. The van der Waals surface area contributed by atoms with Gasteiger partial charge in [-0.2, -0.15) is 23.5 Å². The van der Waals surface area contributed by atoms with Crippen molar-refractivity contribution in [1.82, 2.24) is 5.43 Å². The molecule has 2 rings (SSSR count). The number of hydrogen-bond acceptors (Lipinski definition) is 4. The molecule has 0 saturated carbocycles. The first-order chi connectivity index (χ1) is 8.85. The van der Waals surface area contributed by atoms with Gasteiger partial charge in [-0.05, 0) is 17.5 Å². The van der Waals surface area contributed by atoms with Crippen LogP contribution in [0.25, 0.3) is 0 Å². The molecule has 2 nitrogen and oxygen atoms in total. The van der Waals surface area contributed by atoms with Crippen molar-refractivity contribution in [3.63, 3.8) is 0 Å². The Bertz CT molecular complexity index is 347. The predicted octanol–water partition coefficient (Wildman–Crippen LogP) is 2.99. The molecule has 2 atom stereocenters. The first kappa shape index (κ1) is 14.3. The molecule has 1 saturated heterocycles. The predicted molar refractivity (Wildman–Crippen MR) is 84.1 cm³/mol. The van der Waals surface area contributed by atoms with E-state index < -0.39 is 0 Å². The monoisotopic (exact) mass is 282 g/mol. The summed E-state index contributed by atoms with van der Waals surface area (Å²) >= 11 is 4.08. The third kappa shape index (κ3) is 3.67. The van der Waals surface area contributed by atoms with E-state index in [1.807, 2.05) is 23.5 Å². The quantitative estimate of drug-likeness (QED) is 0.643. The number of nitrogens with one attached hydrogen (secondary N) is 1. The van der Waals surface area contributed by atoms with Crippen molar-refractivity contribution >= 4 is 23.5 Å². The topological polar surface area (TPSA) is 38.0 Å². The van der Waals surface area contributed by atoms with Crippen LogP contribution >= 0.6 is 23.5 Å². The molecular formula is C14H22N2S2. The van der Waals surface area contributed by atoms with E-state index in [2.05, 4.69) is 36.6 Å². The minimum Gasteiger partial charge on any atom is -0.271 e. The number of thioether (sulfide) groups is 2. The van der Waals surface area contributed by atoms with Gasteiger partial charge >= 0.3 is 0 Å². The average Bonchev–Trinajstić information content (AvgIpc) is 2.43. The summed E-state index contributed by atoms with van der Waals surface area (Å²) in [5.74, 6) is 9.46. The Kier molecular flexibility index (Phi) is 5.89. The highest BCUT2D eigenvalue weighted by Crippen LogP contribution is 2.33. The zero-order valence-corrected chi connectivity index (χ0v) is 12.5. The molecule has 0 aromatic heterocycles. The third-order valence-corrected chi connectivity index (χ3v) is 6.13. The molecule has 18 heavy (non-hydrogen) atoms. The van der Waals surface area contributed by atoms with Crippen LogP contribution in [0.1, 0.15) is 30.5 Å². The van der Waals surface area contributed by atoms with Crippen LogP contribution in [0.5, 0.6) is 0 Å².